The number of H-pyrrole nitrogens is 1. The lowest BCUT2D eigenvalue weighted by molar-refractivity contribution is 0.0452. The number of para-hydroxylation sites is 2. The maximum absolute atomic E-state index is 13.1. The average Bonchev–Trinajstić information content (AvgIpc) is 3.50. The van der Waals surface area contributed by atoms with E-state index < -0.39 is 5.97 Å². The van der Waals surface area contributed by atoms with E-state index in [-0.39, 0.29) is 12.5 Å². The number of aromatic nitrogens is 3. The van der Waals surface area contributed by atoms with E-state index in [1.807, 2.05) is 72.8 Å². The fraction of sp³-hybridized carbons (Fsp3) is 0.0690. The number of hydrogen-bond donors (Lipinski definition) is 1. The number of nitrogens with one attached hydrogen (secondary N) is 1. The van der Waals surface area contributed by atoms with E-state index >= 15 is 0 Å². The Kier molecular flexibility index (Phi) is 5.22. The average molecular weight is 476 g/mol. The van der Waals surface area contributed by atoms with Gasteiger partial charge in [-0.15, -0.1) is 0 Å². The maximum Gasteiger partial charge on any atom is 0.338 e. The Labute approximate surface area is 205 Å². The number of methoxy groups -OCH3 is 1. The molecule has 2 heterocycles. The minimum absolute atomic E-state index is 0.315. The van der Waals surface area contributed by atoms with Gasteiger partial charge in [0.1, 0.15) is 11.6 Å². The molecule has 6 rings (SSSR count). The van der Waals surface area contributed by atoms with Crippen LogP contribution < -0.4 is 4.74 Å². The number of nitrogens with zero attached hydrogens (tertiary/aromatic N) is 2. The van der Waals surface area contributed by atoms with Gasteiger partial charge in [0.05, 0.1) is 34.7 Å². The monoisotopic (exact) mass is 475 g/mol. The van der Waals surface area contributed by atoms with Gasteiger partial charge >= 0.3 is 5.97 Å². The van der Waals surface area contributed by atoms with Gasteiger partial charge < -0.3 is 14.5 Å². The lowest BCUT2D eigenvalue weighted by Crippen LogP contribution is -2.20. The van der Waals surface area contributed by atoms with E-state index in [2.05, 4.69) is 9.97 Å². The molecule has 7 heteroatoms. The third-order valence-electron chi connectivity index (χ3n) is 6.24. The molecule has 4 aromatic carbocycles. The second kappa shape index (κ2) is 8.70. The summed E-state index contributed by atoms with van der Waals surface area (Å²) >= 11 is 0. The zero-order chi connectivity index (χ0) is 24.6. The second-order valence-corrected chi connectivity index (χ2v) is 8.39. The van der Waals surface area contributed by atoms with Crippen LogP contribution in [0.15, 0.2) is 91.0 Å². The first-order valence-electron chi connectivity index (χ1n) is 11.4. The van der Waals surface area contributed by atoms with Crippen LogP contribution in [-0.4, -0.2) is 40.1 Å². The van der Waals surface area contributed by atoms with E-state index in [4.69, 9.17) is 9.47 Å². The Balaban J connectivity index is 1.23. The number of hydrogen-bond acceptors (Lipinski definition) is 5. The molecule has 0 unspecified atom stereocenters. The van der Waals surface area contributed by atoms with Gasteiger partial charge in [-0.25, -0.2) is 9.78 Å². The molecule has 6 aromatic rings. The maximum atomic E-state index is 13.1. The van der Waals surface area contributed by atoms with Gasteiger partial charge in [0.25, 0.3) is 5.91 Å². The van der Waals surface area contributed by atoms with Crippen molar-refractivity contribution in [2.45, 2.75) is 0 Å². The molecule has 7 nitrogen and oxygen atoms in total. The fourth-order valence-electron chi connectivity index (χ4n) is 4.49. The Morgan fingerprint density at radius 1 is 0.861 bits per heavy atom. The predicted molar refractivity (Wildman–Crippen MR) is 138 cm³/mol. The van der Waals surface area contributed by atoms with Gasteiger partial charge in [0.15, 0.2) is 6.61 Å². The van der Waals surface area contributed by atoms with E-state index in [0.29, 0.717) is 16.9 Å². The highest BCUT2D eigenvalue weighted by atomic mass is 16.5. The topological polar surface area (TPSA) is 86.2 Å². The number of carbonyl (C=O) groups is 2. The van der Waals surface area contributed by atoms with Crippen molar-refractivity contribution in [1.82, 2.24) is 14.5 Å². The van der Waals surface area contributed by atoms with Crippen LogP contribution in [0.3, 0.4) is 0 Å². The summed E-state index contributed by atoms with van der Waals surface area (Å²) in [6.07, 6.45) is 0. The van der Waals surface area contributed by atoms with Gasteiger partial charge in [0.2, 0.25) is 0 Å². The van der Waals surface area contributed by atoms with Gasteiger partial charge in [-0.2, -0.15) is 0 Å². The molecule has 0 fully saturated rings. The van der Waals surface area contributed by atoms with Gasteiger partial charge in [-0.3, -0.25) is 9.36 Å². The van der Waals surface area contributed by atoms with E-state index in [9.17, 15) is 9.59 Å². The zero-order valence-electron chi connectivity index (χ0n) is 19.4. The molecule has 0 bridgehead atoms. The number of benzene rings is 4. The number of fused-ring (bicyclic) bond motifs is 4. The molecular formula is C29H21N3O4. The normalized spacial score (nSPS) is 11.2. The first-order chi connectivity index (χ1) is 17.6. The molecule has 2 aromatic heterocycles. The smallest absolute Gasteiger partial charge is 0.338 e. The molecular weight excluding hydrogens is 454 g/mol. The molecule has 0 spiro atoms. The van der Waals surface area contributed by atoms with Gasteiger partial charge in [-0.1, -0.05) is 36.4 Å². The van der Waals surface area contributed by atoms with Crippen molar-refractivity contribution in [3.05, 3.63) is 96.6 Å². The molecule has 1 N–H and O–H groups in total. The van der Waals surface area contributed by atoms with Crippen molar-refractivity contribution >= 4 is 44.7 Å². The van der Waals surface area contributed by atoms with Crippen LogP contribution in [0.1, 0.15) is 15.2 Å². The number of rotatable bonds is 5. The van der Waals surface area contributed by atoms with Crippen LogP contribution in [0.5, 0.6) is 5.75 Å². The van der Waals surface area contributed by atoms with Crippen LogP contribution in [0.2, 0.25) is 0 Å². The number of ether oxygens (including phenoxy) is 2. The van der Waals surface area contributed by atoms with Gasteiger partial charge in [0, 0.05) is 16.3 Å². The summed E-state index contributed by atoms with van der Waals surface area (Å²) in [5.74, 6) is 0.548. The minimum atomic E-state index is -0.577. The fourth-order valence-corrected chi connectivity index (χ4v) is 4.49. The molecule has 0 radical (unpaired) electrons. The van der Waals surface area contributed by atoms with Crippen molar-refractivity contribution in [2.24, 2.45) is 0 Å². The van der Waals surface area contributed by atoms with Crippen molar-refractivity contribution in [3.63, 3.8) is 0 Å². The molecule has 0 aliphatic carbocycles. The van der Waals surface area contributed by atoms with E-state index in [0.717, 1.165) is 38.6 Å². The van der Waals surface area contributed by atoms with Crippen molar-refractivity contribution < 1.29 is 19.1 Å². The summed E-state index contributed by atoms with van der Waals surface area (Å²) in [4.78, 5) is 33.8. The highest BCUT2D eigenvalue weighted by Gasteiger charge is 2.18. The highest BCUT2D eigenvalue weighted by molar-refractivity contribution is 6.13. The first-order valence-corrected chi connectivity index (χ1v) is 11.4. The Morgan fingerprint density at radius 2 is 1.53 bits per heavy atom. The number of carbonyl (C=O) groups excluding carboxylic acids is 2. The molecule has 36 heavy (non-hydrogen) atoms. The van der Waals surface area contributed by atoms with Gasteiger partial charge in [-0.05, 0) is 54.6 Å². The largest absolute Gasteiger partial charge is 0.497 e. The SMILES string of the molecule is COc1ccc(-c2nc3ccc(C(=O)OCC(=O)n4c5ccccc5c5ccccc54)cc3[nH]2)cc1. The van der Waals surface area contributed by atoms with Crippen molar-refractivity contribution in [1.29, 1.82) is 0 Å². The summed E-state index contributed by atoms with van der Waals surface area (Å²) in [7, 11) is 1.62. The lowest BCUT2D eigenvalue weighted by Gasteiger charge is -2.07. The number of esters is 1. The second-order valence-electron chi connectivity index (χ2n) is 8.39. The number of aromatic amines is 1. The molecule has 0 aliphatic rings. The molecule has 0 saturated heterocycles. The summed E-state index contributed by atoms with van der Waals surface area (Å²) in [6.45, 7) is -0.375. The Hall–Kier alpha value is -4.91. The molecule has 0 atom stereocenters. The first kappa shape index (κ1) is 21.6. The van der Waals surface area contributed by atoms with Crippen LogP contribution in [-0.2, 0) is 4.74 Å². The predicted octanol–water partition coefficient (Wildman–Crippen LogP) is 5.84. The third kappa shape index (κ3) is 3.67. The minimum Gasteiger partial charge on any atom is -0.497 e. The van der Waals surface area contributed by atoms with Crippen molar-refractivity contribution in [3.8, 4) is 17.1 Å². The Morgan fingerprint density at radius 3 is 2.19 bits per heavy atom. The van der Waals surface area contributed by atoms with E-state index in [1.54, 1.807) is 29.9 Å². The van der Waals surface area contributed by atoms with Crippen LogP contribution in [0.25, 0.3) is 44.2 Å². The summed E-state index contributed by atoms with van der Waals surface area (Å²) in [6, 6.07) is 28.0. The van der Waals surface area contributed by atoms with E-state index in [1.165, 1.54) is 0 Å². The van der Waals surface area contributed by atoms with Crippen LogP contribution >= 0.6 is 0 Å². The van der Waals surface area contributed by atoms with Crippen LogP contribution in [0.4, 0.5) is 0 Å². The molecule has 0 aliphatic heterocycles. The third-order valence-corrected chi connectivity index (χ3v) is 6.24. The summed E-state index contributed by atoms with van der Waals surface area (Å²) in [5.41, 5.74) is 4.22. The van der Waals surface area contributed by atoms with Crippen LogP contribution in [0, 0.1) is 0 Å². The summed E-state index contributed by atoms with van der Waals surface area (Å²) < 4.78 is 12.2. The summed E-state index contributed by atoms with van der Waals surface area (Å²) in [5, 5.41) is 1.95. The lowest BCUT2D eigenvalue weighted by atomic mass is 10.2. The number of imidazole rings is 1. The molecule has 176 valence electrons. The Bertz CT molecular complexity index is 1710. The standard InChI is InChI=1S/C29H21N3O4/c1-35-20-13-10-18(11-14-20)28-30-23-15-12-19(16-24(23)31-28)29(34)36-17-27(33)32-25-8-4-2-6-21(25)22-7-3-5-9-26(22)32/h2-16H,17H2,1H3,(H,30,31). The quantitative estimate of drug-likeness (QED) is 0.317. The van der Waals surface area contributed by atoms with Crippen molar-refractivity contribution in [2.75, 3.05) is 13.7 Å². The highest BCUT2D eigenvalue weighted by Crippen LogP contribution is 2.29. The molecule has 0 saturated carbocycles. The zero-order valence-corrected chi connectivity index (χ0v) is 19.4. The molecule has 0 amide bonds.